The molecule has 90 valence electrons. The van der Waals surface area contributed by atoms with Crippen molar-refractivity contribution in [1.82, 2.24) is 4.72 Å². The zero-order valence-corrected chi connectivity index (χ0v) is 10.4. The fourth-order valence-electron chi connectivity index (χ4n) is 1.20. The Balaban J connectivity index is 2.72. The summed E-state index contributed by atoms with van der Waals surface area (Å²) < 4.78 is 27.9. The monoisotopic (exact) mass is 243 g/mol. The molecule has 5 nitrogen and oxygen atoms in total. The van der Waals surface area contributed by atoms with Crippen LogP contribution in [0, 0.1) is 0 Å². The van der Waals surface area contributed by atoms with E-state index in [2.05, 4.69) is 14.8 Å². The van der Waals surface area contributed by atoms with Crippen molar-refractivity contribution in [3.63, 3.8) is 0 Å². The first-order chi connectivity index (χ1) is 7.43. The molecular formula is C10H17N3O2S. The van der Waals surface area contributed by atoms with Crippen LogP contribution in [0.4, 0.5) is 11.4 Å². The SMILES string of the molecule is CNc1ccc(NS(=O)(=O)NC(C)C)cc1. The van der Waals surface area contributed by atoms with E-state index in [-0.39, 0.29) is 6.04 Å². The predicted molar refractivity (Wildman–Crippen MR) is 66.8 cm³/mol. The summed E-state index contributed by atoms with van der Waals surface area (Å²) in [6.45, 7) is 3.53. The van der Waals surface area contributed by atoms with Gasteiger partial charge in [-0.3, -0.25) is 4.72 Å². The van der Waals surface area contributed by atoms with Gasteiger partial charge in [0.2, 0.25) is 0 Å². The lowest BCUT2D eigenvalue weighted by Crippen LogP contribution is -2.35. The molecule has 0 radical (unpaired) electrons. The van der Waals surface area contributed by atoms with Crippen LogP contribution in [0.15, 0.2) is 24.3 Å². The third-order valence-electron chi connectivity index (χ3n) is 1.82. The van der Waals surface area contributed by atoms with E-state index < -0.39 is 10.2 Å². The maximum Gasteiger partial charge on any atom is 0.299 e. The Bertz CT molecular complexity index is 426. The van der Waals surface area contributed by atoms with Crippen LogP contribution in [-0.4, -0.2) is 21.5 Å². The number of benzene rings is 1. The lowest BCUT2D eigenvalue weighted by Gasteiger charge is -2.11. The lowest BCUT2D eigenvalue weighted by atomic mass is 10.3. The summed E-state index contributed by atoms with van der Waals surface area (Å²) >= 11 is 0. The van der Waals surface area contributed by atoms with Crippen LogP contribution in [0.2, 0.25) is 0 Å². The molecule has 0 atom stereocenters. The molecule has 0 aliphatic rings. The highest BCUT2D eigenvalue weighted by molar-refractivity contribution is 7.90. The third-order valence-corrected chi connectivity index (χ3v) is 3.10. The Hall–Kier alpha value is -1.27. The van der Waals surface area contributed by atoms with Crippen molar-refractivity contribution < 1.29 is 8.42 Å². The molecule has 0 saturated carbocycles. The smallest absolute Gasteiger partial charge is 0.299 e. The zero-order valence-electron chi connectivity index (χ0n) is 9.61. The van der Waals surface area contributed by atoms with Crippen molar-refractivity contribution >= 4 is 21.6 Å². The van der Waals surface area contributed by atoms with Crippen LogP contribution in [0.1, 0.15) is 13.8 Å². The average molecular weight is 243 g/mol. The molecule has 0 bridgehead atoms. The summed E-state index contributed by atoms with van der Waals surface area (Å²) in [4.78, 5) is 0. The average Bonchev–Trinajstić information content (AvgIpc) is 2.16. The molecule has 1 aromatic carbocycles. The Labute approximate surface area is 96.4 Å². The first kappa shape index (κ1) is 12.8. The largest absolute Gasteiger partial charge is 0.388 e. The van der Waals surface area contributed by atoms with Crippen LogP contribution < -0.4 is 14.8 Å². The molecule has 0 fully saturated rings. The molecule has 0 spiro atoms. The van der Waals surface area contributed by atoms with Crippen LogP contribution in [0.5, 0.6) is 0 Å². The van der Waals surface area contributed by atoms with Gasteiger partial charge in [0.15, 0.2) is 0 Å². The summed E-state index contributed by atoms with van der Waals surface area (Å²) in [5, 5.41) is 2.96. The summed E-state index contributed by atoms with van der Waals surface area (Å²) in [6, 6.07) is 6.87. The first-order valence-electron chi connectivity index (χ1n) is 5.01. The molecule has 6 heteroatoms. The molecule has 1 aromatic rings. The quantitative estimate of drug-likeness (QED) is 0.731. The molecule has 0 aliphatic carbocycles. The fourth-order valence-corrected chi connectivity index (χ4v) is 2.33. The van der Waals surface area contributed by atoms with E-state index in [1.807, 2.05) is 0 Å². The van der Waals surface area contributed by atoms with Crippen molar-refractivity contribution in [2.24, 2.45) is 0 Å². The van der Waals surface area contributed by atoms with Crippen LogP contribution in [0.3, 0.4) is 0 Å². The summed E-state index contributed by atoms with van der Waals surface area (Å²) in [5.74, 6) is 0. The molecule has 0 aliphatic heterocycles. The second-order valence-corrected chi connectivity index (χ2v) is 5.15. The van der Waals surface area contributed by atoms with Crippen molar-refractivity contribution in [2.45, 2.75) is 19.9 Å². The van der Waals surface area contributed by atoms with E-state index in [0.717, 1.165) is 5.69 Å². The van der Waals surface area contributed by atoms with Gasteiger partial charge in [0.05, 0.1) is 0 Å². The molecule has 0 heterocycles. The third kappa shape index (κ3) is 4.08. The molecule has 0 unspecified atom stereocenters. The Kier molecular flexibility index (Phi) is 4.14. The van der Waals surface area contributed by atoms with Crippen LogP contribution >= 0.6 is 0 Å². The van der Waals surface area contributed by atoms with E-state index in [1.165, 1.54) is 0 Å². The van der Waals surface area contributed by atoms with Gasteiger partial charge >= 0.3 is 0 Å². The molecular weight excluding hydrogens is 226 g/mol. The molecule has 3 N–H and O–H groups in total. The van der Waals surface area contributed by atoms with Gasteiger partial charge in [0.1, 0.15) is 0 Å². The van der Waals surface area contributed by atoms with Gasteiger partial charge in [-0.05, 0) is 38.1 Å². The predicted octanol–water partition coefficient (Wildman–Crippen LogP) is 1.38. The highest BCUT2D eigenvalue weighted by atomic mass is 32.2. The lowest BCUT2D eigenvalue weighted by molar-refractivity contribution is 0.575. The Morgan fingerprint density at radius 1 is 1.06 bits per heavy atom. The first-order valence-corrected chi connectivity index (χ1v) is 6.49. The van der Waals surface area contributed by atoms with Crippen molar-refractivity contribution in [3.05, 3.63) is 24.3 Å². The van der Waals surface area contributed by atoms with Crippen LogP contribution in [-0.2, 0) is 10.2 Å². The maximum atomic E-state index is 11.5. The van der Waals surface area contributed by atoms with Gasteiger partial charge in [-0.15, -0.1) is 0 Å². The van der Waals surface area contributed by atoms with E-state index in [1.54, 1.807) is 45.2 Å². The topological polar surface area (TPSA) is 70.2 Å². The number of rotatable bonds is 5. The minimum atomic E-state index is -3.47. The van der Waals surface area contributed by atoms with Gasteiger partial charge in [-0.25, -0.2) is 0 Å². The van der Waals surface area contributed by atoms with Gasteiger partial charge < -0.3 is 5.32 Å². The Morgan fingerprint density at radius 3 is 2.00 bits per heavy atom. The second kappa shape index (κ2) is 5.18. The van der Waals surface area contributed by atoms with Gasteiger partial charge in [-0.1, -0.05) is 0 Å². The fraction of sp³-hybridized carbons (Fsp3) is 0.400. The summed E-state index contributed by atoms with van der Waals surface area (Å²) in [5.41, 5.74) is 1.46. The molecule has 0 amide bonds. The maximum absolute atomic E-state index is 11.5. The number of nitrogens with one attached hydrogen (secondary N) is 3. The molecule has 0 aromatic heterocycles. The molecule has 0 saturated heterocycles. The highest BCUT2D eigenvalue weighted by Gasteiger charge is 2.10. The zero-order chi connectivity index (χ0) is 12.2. The van der Waals surface area contributed by atoms with Crippen molar-refractivity contribution in [1.29, 1.82) is 0 Å². The summed E-state index contributed by atoms with van der Waals surface area (Å²) in [6.07, 6.45) is 0. The Morgan fingerprint density at radius 2 is 1.56 bits per heavy atom. The minimum absolute atomic E-state index is 0.130. The van der Waals surface area contributed by atoms with Gasteiger partial charge in [0.25, 0.3) is 10.2 Å². The van der Waals surface area contributed by atoms with Crippen LogP contribution in [0.25, 0.3) is 0 Å². The molecule has 16 heavy (non-hydrogen) atoms. The van der Waals surface area contributed by atoms with E-state index >= 15 is 0 Å². The summed E-state index contributed by atoms with van der Waals surface area (Å²) in [7, 11) is -1.67. The number of anilines is 2. The highest BCUT2D eigenvalue weighted by Crippen LogP contribution is 2.13. The van der Waals surface area contributed by atoms with E-state index in [9.17, 15) is 8.42 Å². The van der Waals surface area contributed by atoms with E-state index in [0.29, 0.717) is 5.69 Å². The minimum Gasteiger partial charge on any atom is -0.388 e. The normalized spacial score (nSPS) is 11.5. The van der Waals surface area contributed by atoms with Gasteiger partial charge in [-0.2, -0.15) is 13.1 Å². The number of hydrogen-bond acceptors (Lipinski definition) is 3. The molecule has 1 rings (SSSR count). The van der Waals surface area contributed by atoms with Gasteiger partial charge in [0, 0.05) is 24.5 Å². The number of hydrogen-bond donors (Lipinski definition) is 3. The van der Waals surface area contributed by atoms with Crippen molar-refractivity contribution in [3.8, 4) is 0 Å². The second-order valence-electron chi connectivity index (χ2n) is 3.71. The van der Waals surface area contributed by atoms with E-state index in [4.69, 9.17) is 0 Å². The standard InChI is InChI=1S/C10H17N3O2S/c1-8(2)12-16(14,15)13-10-6-4-9(11-3)5-7-10/h4-8,11-13H,1-3H3. The van der Waals surface area contributed by atoms with Crippen molar-refractivity contribution in [2.75, 3.05) is 17.1 Å².